The van der Waals surface area contributed by atoms with Crippen LogP contribution in [0.15, 0.2) is 0 Å². The van der Waals surface area contributed by atoms with Gasteiger partial charge in [0.05, 0.1) is 13.2 Å². The SMILES string of the molecule is COC(=O)C(C)(N)CCN1CCC(OC)CC1. The van der Waals surface area contributed by atoms with Gasteiger partial charge in [-0.25, -0.2) is 0 Å². The average molecular weight is 244 g/mol. The summed E-state index contributed by atoms with van der Waals surface area (Å²) < 4.78 is 10.0. The third-order valence-electron chi connectivity index (χ3n) is 3.47. The van der Waals surface area contributed by atoms with Crippen LogP contribution in [0.3, 0.4) is 0 Å². The molecule has 1 unspecified atom stereocenters. The van der Waals surface area contributed by atoms with Crippen molar-refractivity contribution in [3.8, 4) is 0 Å². The molecule has 1 heterocycles. The van der Waals surface area contributed by atoms with Gasteiger partial charge in [-0.2, -0.15) is 0 Å². The first-order valence-corrected chi connectivity index (χ1v) is 6.12. The molecule has 1 aliphatic heterocycles. The first kappa shape index (κ1) is 14.4. The minimum absolute atomic E-state index is 0.343. The van der Waals surface area contributed by atoms with E-state index in [0.29, 0.717) is 12.5 Å². The summed E-state index contributed by atoms with van der Waals surface area (Å²) in [5.74, 6) is -0.343. The zero-order valence-corrected chi connectivity index (χ0v) is 11.1. The number of carbonyl (C=O) groups is 1. The molecule has 1 aliphatic rings. The van der Waals surface area contributed by atoms with Gasteiger partial charge in [-0.3, -0.25) is 4.79 Å². The van der Waals surface area contributed by atoms with E-state index < -0.39 is 5.54 Å². The molecule has 0 aromatic rings. The molecule has 5 nitrogen and oxygen atoms in total. The van der Waals surface area contributed by atoms with Gasteiger partial charge < -0.3 is 20.1 Å². The van der Waals surface area contributed by atoms with E-state index >= 15 is 0 Å². The van der Waals surface area contributed by atoms with Crippen LogP contribution in [0.25, 0.3) is 0 Å². The molecule has 0 aromatic carbocycles. The molecule has 0 bridgehead atoms. The molecule has 0 aromatic heterocycles. The van der Waals surface area contributed by atoms with Gasteiger partial charge in [-0.05, 0) is 26.2 Å². The fourth-order valence-electron chi connectivity index (χ4n) is 2.09. The number of hydrogen-bond acceptors (Lipinski definition) is 5. The molecule has 0 amide bonds. The maximum absolute atomic E-state index is 11.4. The topological polar surface area (TPSA) is 64.8 Å². The number of hydrogen-bond donors (Lipinski definition) is 1. The Kier molecular flexibility index (Phi) is 5.36. The minimum Gasteiger partial charge on any atom is -0.468 e. The molecular weight excluding hydrogens is 220 g/mol. The lowest BCUT2D eigenvalue weighted by Gasteiger charge is -2.33. The third-order valence-corrected chi connectivity index (χ3v) is 3.47. The van der Waals surface area contributed by atoms with E-state index in [-0.39, 0.29) is 5.97 Å². The van der Waals surface area contributed by atoms with E-state index in [1.165, 1.54) is 7.11 Å². The lowest BCUT2D eigenvalue weighted by Crippen LogP contribution is -2.49. The molecule has 17 heavy (non-hydrogen) atoms. The fraction of sp³-hybridized carbons (Fsp3) is 0.917. The lowest BCUT2D eigenvalue weighted by molar-refractivity contribution is -0.146. The number of esters is 1. The predicted molar refractivity (Wildman–Crippen MR) is 65.7 cm³/mol. The summed E-state index contributed by atoms with van der Waals surface area (Å²) in [6.45, 7) is 4.57. The average Bonchev–Trinajstić information content (AvgIpc) is 2.36. The van der Waals surface area contributed by atoms with Crippen LogP contribution in [-0.2, 0) is 14.3 Å². The highest BCUT2D eigenvalue weighted by molar-refractivity contribution is 5.79. The van der Waals surface area contributed by atoms with Crippen molar-refractivity contribution >= 4 is 5.97 Å². The number of likely N-dealkylation sites (tertiary alicyclic amines) is 1. The molecule has 0 aliphatic carbocycles. The Morgan fingerprint density at radius 3 is 2.47 bits per heavy atom. The molecule has 0 spiro atoms. The number of nitrogens with zero attached hydrogens (tertiary/aromatic N) is 1. The van der Waals surface area contributed by atoms with Crippen molar-refractivity contribution in [3.05, 3.63) is 0 Å². The van der Waals surface area contributed by atoms with E-state index in [2.05, 4.69) is 9.64 Å². The molecule has 100 valence electrons. The van der Waals surface area contributed by atoms with Crippen molar-refractivity contribution in [3.63, 3.8) is 0 Å². The van der Waals surface area contributed by atoms with Crippen LogP contribution in [0.4, 0.5) is 0 Å². The molecule has 1 saturated heterocycles. The number of methoxy groups -OCH3 is 2. The van der Waals surface area contributed by atoms with E-state index in [0.717, 1.165) is 32.5 Å². The van der Waals surface area contributed by atoms with Crippen LogP contribution >= 0.6 is 0 Å². The van der Waals surface area contributed by atoms with E-state index in [4.69, 9.17) is 10.5 Å². The lowest BCUT2D eigenvalue weighted by atomic mass is 9.98. The summed E-state index contributed by atoms with van der Waals surface area (Å²) in [6.07, 6.45) is 3.11. The fourth-order valence-corrected chi connectivity index (χ4v) is 2.09. The smallest absolute Gasteiger partial charge is 0.325 e. The van der Waals surface area contributed by atoms with Crippen molar-refractivity contribution in [2.45, 2.75) is 37.8 Å². The van der Waals surface area contributed by atoms with Crippen molar-refractivity contribution in [1.82, 2.24) is 4.90 Å². The summed E-state index contributed by atoms with van der Waals surface area (Å²) in [5, 5.41) is 0. The summed E-state index contributed by atoms with van der Waals surface area (Å²) >= 11 is 0. The second-order valence-corrected chi connectivity index (χ2v) is 4.94. The summed E-state index contributed by atoms with van der Waals surface area (Å²) in [4.78, 5) is 13.7. The maximum Gasteiger partial charge on any atom is 0.325 e. The van der Waals surface area contributed by atoms with Crippen LogP contribution in [0.5, 0.6) is 0 Å². The highest BCUT2D eigenvalue weighted by Gasteiger charge is 2.30. The van der Waals surface area contributed by atoms with Crippen molar-refractivity contribution < 1.29 is 14.3 Å². The second kappa shape index (κ2) is 6.33. The van der Waals surface area contributed by atoms with E-state index in [9.17, 15) is 4.79 Å². The highest BCUT2D eigenvalue weighted by atomic mass is 16.5. The minimum atomic E-state index is -0.882. The first-order valence-electron chi connectivity index (χ1n) is 6.12. The Balaban J connectivity index is 2.30. The zero-order valence-electron chi connectivity index (χ0n) is 11.1. The Bertz CT molecular complexity index is 248. The molecule has 5 heteroatoms. The van der Waals surface area contributed by atoms with Crippen molar-refractivity contribution in [2.75, 3.05) is 33.9 Å². The standard InChI is InChI=1S/C12H24N2O3/c1-12(13,11(15)17-3)6-9-14-7-4-10(16-2)5-8-14/h10H,4-9,13H2,1-3H3. The monoisotopic (exact) mass is 244 g/mol. The molecular formula is C12H24N2O3. The Labute approximate surface area is 103 Å². The number of carbonyl (C=O) groups excluding carboxylic acids is 1. The predicted octanol–water partition coefficient (Wildman–Crippen LogP) is 0.378. The van der Waals surface area contributed by atoms with Gasteiger partial charge in [0.1, 0.15) is 5.54 Å². The van der Waals surface area contributed by atoms with Gasteiger partial charge in [0, 0.05) is 26.7 Å². The molecule has 0 saturated carbocycles. The number of ether oxygens (including phenoxy) is 2. The van der Waals surface area contributed by atoms with Crippen molar-refractivity contribution in [1.29, 1.82) is 0 Å². The van der Waals surface area contributed by atoms with Crippen LogP contribution < -0.4 is 5.73 Å². The van der Waals surface area contributed by atoms with Gasteiger partial charge >= 0.3 is 5.97 Å². The van der Waals surface area contributed by atoms with Crippen LogP contribution in [0.1, 0.15) is 26.2 Å². The summed E-state index contributed by atoms with van der Waals surface area (Å²) in [5.41, 5.74) is 5.03. The zero-order chi connectivity index (χ0) is 12.9. The molecule has 1 fully saturated rings. The Morgan fingerprint density at radius 1 is 1.41 bits per heavy atom. The maximum atomic E-state index is 11.4. The Hall–Kier alpha value is -0.650. The molecule has 2 N–H and O–H groups in total. The molecule has 1 atom stereocenters. The van der Waals surface area contributed by atoms with Crippen LogP contribution in [0.2, 0.25) is 0 Å². The third kappa shape index (κ3) is 4.26. The highest BCUT2D eigenvalue weighted by Crippen LogP contribution is 2.15. The van der Waals surface area contributed by atoms with Gasteiger partial charge in [-0.1, -0.05) is 0 Å². The quantitative estimate of drug-likeness (QED) is 0.708. The van der Waals surface area contributed by atoms with E-state index in [1.807, 2.05) is 0 Å². The molecule has 0 radical (unpaired) electrons. The summed E-state index contributed by atoms with van der Waals surface area (Å²) in [6, 6.07) is 0. The van der Waals surface area contributed by atoms with Gasteiger partial charge in [0.15, 0.2) is 0 Å². The van der Waals surface area contributed by atoms with Crippen LogP contribution in [0, 0.1) is 0 Å². The van der Waals surface area contributed by atoms with Gasteiger partial charge in [-0.15, -0.1) is 0 Å². The van der Waals surface area contributed by atoms with Crippen molar-refractivity contribution in [2.24, 2.45) is 5.73 Å². The van der Waals surface area contributed by atoms with E-state index in [1.54, 1.807) is 14.0 Å². The Morgan fingerprint density at radius 2 is 2.00 bits per heavy atom. The number of rotatable bonds is 5. The molecule has 1 rings (SSSR count). The first-order chi connectivity index (χ1) is 7.99. The van der Waals surface area contributed by atoms with Gasteiger partial charge in [0.2, 0.25) is 0 Å². The van der Waals surface area contributed by atoms with Crippen LogP contribution in [-0.4, -0.2) is 56.4 Å². The summed E-state index contributed by atoms with van der Waals surface area (Å²) in [7, 11) is 3.13. The normalized spacial score (nSPS) is 22.1. The number of nitrogens with two attached hydrogens (primary N) is 1. The second-order valence-electron chi connectivity index (χ2n) is 4.94. The number of piperidine rings is 1. The van der Waals surface area contributed by atoms with Gasteiger partial charge in [0.25, 0.3) is 0 Å². The largest absolute Gasteiger partial charge is 0.468 e.